The topological polar surface area (TPSA) is 57.2 Å². The van der Waals surface area contributed by atoms with Crippen LogP contribution in [0.1, 0.15) is 33.6 Å². The Labute approximate surface area is 114 Å². The van der Waals surface area contributed by atoms with Crippen LogP contribution in [0.4, 0.5) is 0 Å². The fourth-order valence-corrected chi connectivity index (χ4v) is 3.09. The summed E-state index contributed by atoms with van der Waals surface area (Å²) in [6, 6.07) is 0. The standard InChI is InChI=1S/C14H24O5/c1-6-8-9(15)14(7-2)11(16-5)10-12(19-14)18-13(3,4)17-10/h6,9-12,15H,1,7-8H2,2-5H3/t9-,10-,11+,12+,14+/m1/s1. The molecule has 5 heteroatoms. The molecule has 2 rings (SSSR count). The first kappa shape index (κ1) is 14.9. The molecular formula is C14H24O5. The number of methoxy groups -OCH3 is 1. The highest BCUT2D eigenvalue weighted by Crippen LogP contribution is 2.46. The number of fused-ring (bicyclic) bond motifs is 1. The zero-order valence-corrected chi connectivity index (χ0v) is 12.1. The van der Waals surface area contributed by atoms with Crippen LogP contribution in [0.2, 0.25) is 0 Å². The summed E-state index contributed by atoms with van der Waals surface area (Å²) in [5.74, 6) is -0.685. The maximum absolute atomic E-state index is 10.4. The van der Waals surface area contributed by atoms with Gasteiger partial charge in [0, 0.05) is 7.11 Å². The molecule has 0 bridgehead atoms. The highest BCUT2D eigenvalue weighted by molar-refractivity contribution is 5.08. The van der Waals surface area contributed by atoms with Crippen molar-refractivity contribution >= 4 is 0 Å². The SMILES string of the molecule is C=CC[C@@H](O)[C@]1(CC)O[C@@H]2OC(C)(C)O[C@@H]2[C@@H]1OC. The molecule has 0 aromatic rings. The quantitative estimate of drug-likeness (QED) is 0.770. The molecule has 110 valence electrons. The van der Waals surface area contributed by atoms with Gasteiger partial charge in [0.15, 0.2) is 12.1 Å². The summed E-state index contributed by atoms with van der Waals surface area (Å²) in [4.78, 5) is 0. The van der Waals surface area contributed by atoms with Crippen molar-refractivity contribution in [3.63, 3.8) is 0 Å². The summed E-state index contributed by atoms with van der Waals surface area (Å²) in [6.07, 6.45) is 0.855. The van der Waals surface area contributed by atoms with Crippen LogP contribution in [0, 0.1) is 0 Å². The Morgan fingerprint density at radius 3 is 2.58 bits per heavy atom. The molecular weight excluding hydrogens is 248 g/mol. The van der Waals surface area contributed by atoms with Gasteiger partial charge in [0.1, 0.15) is 17.8 Å². The predicted octanol–water partition coefficient (Wildman–Crippen LogP) is 1.59. The zero-order chi connectivity index (χ0) is 14.3. The molecule has 2 saturated heterocycles. The van der Waals surface area contributed by atoms with Gasteiger partial charge in [-0.25, -0.2) is 0 Å². The van der Waals surface area contributed by atoms with E-state index in [2.05, 4.69) is 6.58 Å². The first-order valence-corrected chi connectivity index (χ1v) is 6.75. The third-order valence-corrected chi connectivity index (χ3v) is 3.96. The highest BCUT2D eigenvalue weighted by atomic mass is 16.8. The van der Waals surface area contributed by atoms with E-state index in [4.69, 9.17) is 18.9 Å². The Kier molecular flexibility index (Phi) is 4.05. The Morgan fingerprint density at radius 2 is 2.05 bits per heavy atom. The van der Waals surface area contributed by atoms with Crippen molar-refractivity contribution in [2.45, 2.75) is 69.6 Å². The maximum Gasteiger partial charge on any atom is 0.190 e. The number of hydrogen-bond donors (Lipinski definition) is 1. The fourth-order valence-electron chi connectivity index (χ4n) is 3.09. The van der Waals surface area contributed by atoms with E-state index in [0.717, 1.165) is 0 Å². The first-order chi connectivity index (χ1) is 8.90. The Balaban J connectivity index is 2.26. The fraction of sp³-hybridized carbons (Fsp3) is 0.857. The normalized spacial score (nSPS) is 42.1. The molecule has 2 fully saturated rings. The lowest BCUT2D eigenvalue weighted by atomic mass is 9.85. The lowest BCUT2D eigenvalue weighted by Gasteiger charge is -2.38. The molecule has 0 aromatic carbocycles. The summed E-state index contributed by atoms with van der Waals surface area (Å²) >= 11 is 0. The third kappa shape index (κ3) is 2.34. The van der Waals surface area contributed by atoms with Gasteiger partial charge in [0.2, 0.25) is 0 Å². The molecule has 0 aliphatic carbocycles. The molecule has 0 saturated carbocycles. The van der Waals surface area contributed by atoms with Crippen LogP contribution in [0.3, 0.4) is 0 Å². The number of rotatable bonds is 5. The van der Waals surface area contributed by atoms with Crippen molar-refractivity contribution < 1.29 is 24.1 Å². The summed E-state index contributed by atoms with van der Waals surface area (Å²) in [6.45, 7) is 9.31. The van der Waals surface area contributed by atoms with E-state index in [-0.39, 0.29) is 12.2 Å². The van der Waals surface area contributed by atoms with Gasteiger partial charge in [-0.15, -0.1) is 6.58 Å². The Morgan fingerprint density at radius 1 is 1.37 bits per heavy atom. The van der Waals surface area contributed by atoms with E-state index in [0.29, 0.717) is 12.8 Å². The van der Waals surface area contributed by atoms with Crippen molar-refractivity contribution in [3.8, 4) is 0 Å². The van der Waals surface area contributed by atoms with Gasteiger partial charge in [-0.05, 0) is 26.7 Å². The second-order valence-electron chi connectivity index (χ2n) is 5.59. The molecule has 0 spiro atoms. The molecule has 0 amide bonds. The first-order valence-electron chi connectivity index (χ1n) is 6.75. The lowest BCUT2D eigenvalue weighted by molar-refractivity contribution is -0.261. The number of hydrogen-bond acceptors (Lipinski definition) is 5. The van der Waals surface area contributed by atoms with Crippen LogP contribution in [0.25, 0.3) is 0 Å². The monoisotopic (exact) mass is 272 g/mol. The van der Waals surface area contributed by atoms with Crippen LogP contribution in [-0.4, -0.2) is 48.2 Å². The minimum atomic E-state index is -0.811. The predicted molar refractivity (Wildman–Crippen MR) is 69.5 cm³/mol. The van der Waals surface area contributed by atoms with Crippen molar-refractivity contribution in [1.82, 2.24) is 0 Å². The second-order valence-corrected chi connectivity index (χ2v) is 5.59. The average Bonchev–Trinajstić information content (AvgIpc) is 2.78. The summed E-state index contributed by atoms with van der Waals surface area (Å²) in [5, 5.41) is 10.4. The van der Waals surface area contributed by atoms with Crippen LogP contribution in [0.15, 0.2) is 12.7 Å². The molecule has 0 unspecified atom stereocenters. The van der Waals surface area contributed by atoms with Gasteiger partial charge < -0.3 is 24.1 Å². The molecule has 0 radical (unpaired) electrons. The van der Waals surface area contributed by atoms with Crippen molar-refractivity contribution in [2.24, 2.45) is 0 Å². The van der Waals surface area contributed by atoms with E-state index in [1.165, 1.54) is 0 Å². The van der Waals surface area contributed by atoms with Crippen molar-refractivity contribution in [1.29, 1.82) is 0 Å². The minimum Gasteiger partial charge on any atom is -0.390 e. The van der Waals surface area contributed by atoms with Gasteiger partial charge in [0.05, 0.1) is 6.10 Å². The van der Waals surface area contributed by atoms with Gasteiger partial charge in [-0.2, -0.15) is 0 Å². The second kappa shape index (κ2) is 5.14. The Hall–Kier alpha value is -0.460. The van der Waals surface area contributed by atoms with Gasteiger partial charge in [-0.3, -0.25) is 0 Å². The Bertz CT molecular complexity index is 343. The third-order valence-electron chi connectivity index (χ3n) is 3.96. The van der Waals surface area contributed by atoms with E-state index < -0.39 is 23.8 Å². The van der Waals surface area contributed by atoms with E-state index >= 15 is 0 Å². The number of aliphatic hydroxyl groups is 1. The van der Waals surface area contributed by atoms with Crippen LogP contribution in [-0.2, 0) is 18.9 Å². The van der Waals surface area contributed by atoms with Crippen molar-refractivity contribution in [3.05, 3.63) is 12.7 Å². The molecule has 2 aliphatic heterocycles. The smallest absolute Gasteiger partial charge is 0.190 e. The molecule has 0 aromatic heterocycles. The van der Waals surface area contributed by atoms with E-state index in [1.807, 2.05) is 20.8 Å². The maximum atomic E-state index is 10.4. The minimum absolute atomic E-state index is 0.320. The zero-order valence-electron chi connectivity index (χ0n) is 12.1. The van der Waals surface area contributed by atoms with E-state index in [1.54, 1.807) is 13.2 Å². The van der Waals surface area contributed by atoms with Crippen LogP contribution < -0.4 is 0 Å². The molecule has 19 heavy (non-hydrogen) atoms. The van der Waals surface area contributed by atoms with Gasteiger partial charge in [-0.1, -0.05) is 13.0 Å². The van der Waals surface area contributed by atoms with Crippen LogP contribution in [0.5, 0.6) is 0 Å². The molecule has 2 aliphatic rings. The summed E-state index contributed by atoms with van der Waals surface area (Å²) in [7, 11) is 1.61. The molecule has 5 atom stereocenters. The number of ether oxygens (including phenoxy) is 4. The molecule has 1 N–H and O–H groups in total. The van der Waals surface area contributed by atoms with Gasteiger partial charge in [0.25, 0.3) is 0 Å². The average molecular weight is 272 g/mol. The summed E-state index contributed by atoms with van der Waals surface area (Å²) in [5.41, 5.74) is -0.811. The summed E-state index contributed by atoms with van der Waals surface area (Å²) < 4.78 is 23.2. The lowest BCUT2D eigenvalue weighted by Crippen LogP contribution is -2.53. The number of aliphatic hydroxyl groups excluding tert-OH is 1. The largest absolute Gasteiger partial charge is 0.390 e. The molecule has 2 heterocycles. The molecule has 5 nitrogen and oxygen atoms in total. The van der Waals surface area contributed by atoms with Crippen molar-refractivity contribution in [2.75, 3.05) is 7.11 Å². The van der Waals surface area contributed by atoms with Crippen LogP contribution >= 0.6 is 0 Å². The van der Waals surface area contributed by atoms with E-state index in [9.17, 15) is 5.11 Å². The highest BCUT2D eigenvalue weighted by Gasteiger charge is 2.63. The van der Waals surface area contributed by atoms with Gasteiger partial charge >= 0.3 is 0 Å².